The summed E-state index contributed by atoms with van der Waals surface area (Å²) in [5.74, 6) is 0. The second-order valence-corrected chi connectivity index (χ2v) is 4.83. The minimum atomic E-state index is -0.297. The van der Waals surface area contributed by atoms with Gasteiger partial charge in [0.25, 0.3) is 0 Å². The number of para-hydroxylation sites is 1. The molecule has 0 aliphatic rings. The Kier molecular flexibility index (Phi) is 4.90. The summed E-state index contributed by atoms with van der Waals surface area (Å²) in [4.78, 5) is 2.50. The number of aryl methyl sites for hydroxylation is 1. The highest BCUT2D eigenvalue weighted by Crippen LogP contribution is 2.24. The van der Waals surface area contributed by atoms with Gasteiger partial charge in [-0.2, -0.15) is 0 Å². The van der Waals surface area contributed by atoms with E-state index >= 15 is 0 Å². The fourth-order valence-corrected chi connectivity index (χ4v) is 2.02. The molecule has 3 N–H and O–H groups in total. The lowest BCUT2D eigenvalue weighted by Crippen LogP contribution is -2.25. The van der Waals surface area contributed by atoms with Crippen molar-refractivity contribution in [3.05, 3.63) is 29.3 Å². The van der Waals surface area contributed by atoms with Crippen LogP contribution >= 0.6 is 12.2 Å². The van der Waals surface area contributed by atoms with Crippen molar-refractivity contribution in [1.29, 1.82) is 0 Å². The Morgan fingerprint density at radius 3 is 2.71 bits per heavy atom. The summed E-state index contributed by atoms with van der Waals surface area (Å²) in [6, 6.07) is 5.93. The third kappa shape index (κ3) is 3.68. The van der Waals surface area contributed by atoms with Crippen molar-refractivity contribution in [1.82, 2.24) is 0 Å². The van der Waals surface area contributed by atoms with Crippen molar-refractivity contribution in [2.24, 2.45) is 5.73 Å². The molecule has 0 saturated carbocycles. The fourth-order valence-electron chi connectivity index (χ4n) is 1.86. The van der Waals surface area contributed by atoms with E-state index in [2.05, 4.69) is 4.90 Å². The van der Waals surface area contributed by atoms with Crippen molar-refractivity contribution < 1.29 is 5.11 Å². The van der Waals surface area contributed by atoms with Crippen molar-refractivity contribution in [2.75, 3.05) is 18.5 Å². The van der Waals surface area contributed by atoms with E-state index in [4.69, 9.17) is 18.0 Å². The molecule has 0 spiro atoms. The quantitative estimate of drug-likeness (QED) is 0.785. The molecular formula is C13H20N2OS. The zero-order valence-electron chi connectivity index (χ0n) is 10.6. The molecule has 1 aromatic rings. The van der Waals surface area contributed by atoms with Crippen LogP contribution in [0.4, 0.5) is 5.69 Å². The molecule has 0 aliphatic carbocycles. The molecule has 0 aliphatic heterocycles. The predicted octanol–water partition coefficient (Wildman–Crippen LogP) is 1.84. The van der Waals surface area contributed by atoms with E-state index in [1.54, 1.807) is 6.92 Å². The summed E-state index contributed by atoms with van der Waals surface area (Å²) in [6.07, 6.45) is 0.427. The Bertz CT molecular complexity index is 404. The highest BCUT2D eigenvalue weighted by molar-refractivity contribution is 7.80. The Morgan fingerprint density at radius 2 is 2.18 bits per heavy atom. The first kappa shape index (κ1) is 13.9. The van der Waals surface area contributed by atoms with Gasteiger partial charge in [0.2, 0.25) is 0 Å². The van der Waals surface area contributed by atoms with Gasteiger partial charge < -0.3 is 15.7 Å². The fraction of sp³-hybridized carbons (Fsp3) is 0.462. The SMILES string of the molecule is Cc1cccc(C(N)=S)c1N(C)CCC(C)O. The van der Waals surface area contributed by atoms with Gasteiger partial charge in [-0.15, -0.1) is 0 Å². The molecule has 1 atom stereocenters. The molecule has 94 valence electrons. The number of hydrogen-bond donors (Lipinski definition) is 2. The third-order valence-electron chi connectivity index (χ3n) is 2.77. The van der Waals surface area contributed by atoms with E-state index < -0.39 is 0 Å². The standard InChI is InChI=1S/C13H20N2OS/c1-9-5-4-6-11(13(14)17)12(9)15(3)8-7-10(2)16/h4-6,10,16H,7-8H2,1-3H3,(H2,14,17). The topological polar surface area (TPSA) is 49.5 Å². The summed E-state index contributed by atoms with van der Waals surface area (Å²) in [5, 5.41) is 9.32. The zero-order chi connectivity index (χ0) is 13.0. The lowest BCUT2D eigenvalue weighted by molar-refractivity contribution is 0.187. The van der Waals surface area contributed by atoms with Crippen LogP contribution in [0.5, 0.6) is 0 Å². The second-order valence-electron chi connectivity index (χ2n) is 4.39. The zero-order valence-corrected chi connectivity index (χ0v) is 11.4. The van der Waals surface area contributed by atoms with E-state index in [9.17, 15) is 5.11 Å². The number of anilines is 1. The highest BCUT2D eigenvalue weighted by atomic mass is 32.1. The molecule has 17 heavy (non-hydrogen) atoms. The van der Waals surface area contributed by atoms with Gasteiger partial charge in [0.05, 0.1) is 6.10 Å². The van der Waals surface area contributed by atoms with Crippen molar-refractivity contribution in [2.45, 2.75) is 26.4 Å². The number of aliphatic hydroxyl groups excluding tert-OH is 1. The van der Waals surface area contributed by atoms with Crippen molar-refractivity contribution in [3.63, 3.8) is 0 Å². The van der Waals surface area contributed by atoms with E-state index in [1.807, 2.05) is 32.2 Å². The van der Waals surface area contributed by atoms with Crippen molar-refractivity contribution in [3.8, 4) is 0 Å². The van der Waals surface area contributed by atoms with Gasteiger partial charge in [0, 0.05) is 24.8 Å². The van der Waals surface area contributed by atoms with E-state index in [0.717, 1.165) is 29.8 Å². The molecule has 0 radical (unpaired) electrons. The number of benzene rings is 1. The molecule has 1 aromatic carbocycles. The Morgan fingerprint density at radius 1 is 1.53 bits per heavy atom. The molecule has 1 rings (SSSR count). The number of nitrogens with zero attached hydrogens (tertiary/aromatic N) is 1. The van der Waals surface area contributed by atoms with E-state index in [-0.39, 0.29) is 6.10 Å². The summed E-state index contributed by atoms with van der Waals surface area (Å²) >= 11 is 5.07. The van der Waals surface area contributed by atoms with Crippen LogP contribution in [-0.4, -0.2) is 29.8 Å². The smallest absolute Gasteiger partial charge is 0.106 e. The maximum Gasteiger partial charge on any atom is 0.106 e. The molecule has 4 heteroatoms. The third-order valence-corrected chi connectivity index (χ3v) is 2.99. The Labute approximate surface area is 108 Å². The Hall–Kier alpha value is -1.13. The first-order valence-electron chi connectivity index (χ1n) is 5.72. The van der Waals surface area contributed by atoms with Gasteiger partial charge >= 0.3 is 0 Å². The van der Waals surface area contributed by atoms with Gasteiger partial charge in [0.15, 0.2) is 0 Å². The van der Waals surface area contributed by atoms with Gasteiger partial charge in [-0.05, 0) is 31.9 Å². The molecule has 0 bridgehead atoms. The van der Waals surface area contributed by atoms with Crippen LogP contribution in [0.15, 0.2) is 18.2 Å². The van der Waals surface area contributed by atoms with Gasteiger partial charge in [-0.3, -0.25) is 0 Å². The van der Waals surface area contributed by atoms with Crippen LogP contribution in [-0.2, 0) is 0 Å². The average molecular weight is 252 g/mol. The summed E-state index contributed by atoms with van der Waals surface area (Å²) in [6.45, 7) is 4.61. The maximum atomic E-state index is 9.32. The lowest BCUT2D eigenvalue weighted by Gasteiger charge is -2.24. The van der Waals surface area contributed by atoms with Crippen LogP contribution in [0.25, 0.3) is 0 Å². The summed E-state index contributed by atoms with van der Waals surface area (Å²) in [5.41, 5.74) is 8.83. The number of thiocarbonyl (C=S) groups is 1. The minimum absolute atomic E-state index is 0.297. The maximum absolute atomic E-state index is 9.32. The van der Waals surface area contributed by atoms with Gasteiger partial charge in [-0.25, -0.2) is 0 Å². The average Bonchev–Trinajstić information content (AvgIpc) is 2.25. The molecule has 1 unspecified atom stereocenters. The number of nitrogens with two attached hydrogens (primary N) is 1. The minimum Gasteiger partial charge on any atom is -0.393 e. The van der Waals surface area contributed by atoms with Crippen LogP contribution in [0.3, 0.4) is 0 Å². The monoisotopic (exact) mass is 252 g/mol. The predicted molar refractivity (Wildman–Crippen MR) is 76.6 cm³/mol. The highest BCUT2D eigenvalue weighted by Gasteiger charge is 2.12. The first-order valence-corrected chi connectivity index (χ1v) is 6.13. The second kappa shape index (κ2) is 5.98. The normalized spacial score (nSPS) is 12.2. The number of rotatable bonds is 5. The summed E-state index contributed by atoms with van der Waals surface area (Å²) in [7, 11) is 1.99. The first-order chi connectivity index (χ1) is 7.93. The summed E-state index contributed by atoms with van der Waals surface area (Å²) < 4.78 is 0. The molecule has 0 amide bonds. The molecule has 0 aromatic heterocycles. The van der Waals surface area contributed by atoms with Gasteiger partial charge in [-0.1, -0.05) is 24.4 Å². The molecule has 0 fully saturated rings. The van der Waals surface area contributed by atoms with Crippen LogP contribution in [0, 0.1) is 6.92 Å². The van der Waals surface area contributed by atoms with Gasteiger partial charge in [0.1, 0.15) is 4.99 Å². The van der Waals surface area contributed by atoms with Crippen molar-refractivity contribution >= 4 is 22.9 Å². The number of aliphatic hydroxyl groups is 1. The molecule has 3 nitrogen and oxygen atoms in total. The molecular weight excluding hydrogens is 232 g/mol. The van der Waals surface area contributed by atoms with Crippen LogP contribution in [0.2, 0.25) is 0 Å². The van der Waals surface area contributed by atoms with E-state index in [0.29, 0.717) is 4.99 Å². The van der Waals surface area contributed by atoms with Crippen LogP contribution < -0.4 is 10.6 Å². The van der Waals surface area contributed by atoms with Crippen LogP contribution in [0.1, 0.15) is 24.5 Å². The largest absolute Gasteiger partial charge is 0.393 e. The molecule has 0 saturated heterocycles. The number of hydrogen-bond acceptors (Lipinski definition) is 3. The molecule has 0 heterocycles. The Balaban J connectivity index is 2.98. The lowest BCUT2D eigenvalue weighted by atomic mass is 10.1. The van der Waals surface area contributed by atoms with E-state index in [1.165, 1.54) is 0 Å².